The van der Waals surface area contributed by atoms with Crippen molar-refractivity contribution in [2.45, 2.75) is 32.4 Å². The monoisotopic (exact) mass is 227 g/mol. The van der Waals surface area contributed by atoms with Gasteiger partial charge >= 0.3 is 5.97 Å². The lowest BCUT2D eigenvalue weighted by molar-refractivity contribution is -0.149. The Labute approximate surface area is 94.7 Å². The van der Waals surface area contributed by atoms with Crippen LogP contribution in [0.25, 0.3) is 0 Å². The maximum atomic E-state index is 11.8. The van der Waals surface area contributed by atoms with Gasteiger partial charge in [-0.05, 0) is 13.8 Å². The van der Waals surface area contributed by atoms with Crippen LogP contribution >= 0.6 is 0 Å². The molecular weight excluding hydrogens is 210 g/mol. The number of amides is 1. The number of hydrogen-bond acceptors (Lipinski definition) is 4. The highest BCUT2D eigenvalue weighted by Gasteiger charge is 2.38. The number of nitrogens with zero attached hydrogens (tertiary/aromatic N) is 1. The van der Waals surface area contributed by atoms with Gasteiger partial charge in [0.25, 0.3) is 0 Å². The summed E-state index contributed by atoms with van der Waals surface area (Å²) in [7, 11) is 1.27. The Kier molecular flexibility index (Phi) is 4.06. The number of β-amino-alcohol motifs (C(OH)–C–C–N with tert-alkyl or cyclic N) is 1. The van der Waals surface area contributed by atoms with E-state index in [2.05, 4.69) is 4.74 Å². The molecule has 2 unspecified atom stereocenters. The van der Waals surface area contributed by atoms with Crippen molar-refractivity contribution in [3.05, 3.63) is 11.6 Å². The van der Waals surface area contributed by atoms with Gasteiger partial charge in [-0.1, -0.05) is 5.57 Å². The number of methoxy groups -OCH3 is 1. The molecule has 0 saturated carbocycles. The van der Waals surface area contributed by atoms with Gasteiger partial charge in [0.1, 0.15) is 6.04 Å². The predicted octanol–water partition coefficient (Wildman–Crippen LogP) is 0.0874. The minimum absolute atomic E-state index is 0.183. The molecule has 1 saturated heterocycles. The molecule has 0 aromatic heterocycles. The molecule has 0 aromatic carbocycles. The van der Waals surface area contributed by atoms with E-state index < -0.39 is 18.1 Å². The van der Waals surface area contributed by atoms with Gasteiger partial charge < -0.3 is 14.7 Å². The minimum atomic E-state index is -0.664. The molecule has 1 aliphatic heterocycles. The van der Waals surface area contributed by atoms with E-state index in [1.807, 2.05) is 0 Å². The summed E-state index contributed by atoms with van der Waals surface area (Å²) in [6, 6.07) is -0.664. The van der Waals surface area contributed by atoms with E-state index in [1.54, 1.807) is 13.8 Å². The Morgan fingerprint density at radius 3 is 2.56 bits per heavy atom. The van der Waals surface area contributed by atoms with Gasteiger partial charge in [0.2, 0.25) is 5.91 Å². The van der Waals surface area contributed by atoms with Crippen LogP contribution in [0.1, 0.15) is 20.3 Å². The number of aliphatic hydroxyl groups excluding tert-OH is 1. The topological polar surface area (TPSA) is 66.8 Å². The van der Waals surface area contributed by atoms with E-state index in [9.17, 15) is 14.7 Å². The number of hydrogen-bond donors (Lipinski definition) is 1. The molecule has 0 aromatic rings. The lowest BCUT2D eigenvalue weighted by Gasteiger charge is -2.20. The molecule has 1 heterocycles. The third-order valence-electron chi connectivity index (χ3n) is 2.45. The van der Waals surface area contributed by atoms with Crippen LogP contribution in [0, 0.1) is 0 Å². The second-order valence-corrected chi connectivity index (χ2v) is 4.14. The van der Waals surface area contributed by atoms with Crippen LogP contribution in [0.4, 0.5) is 0 Å². The van der Waals surface area contributed by atoms with Gasteiger partial charge in [-0.2, -0.15) is 0 Å². The van der Waals surface area contributed by atoms with Crippen LogP contribution in [-0.4, -0.2) is 47.7 Å². The molecule has 90 valence electrons. The first kappa shape index (κ1) is 12.7. The second-order valence-electron chi connectivity index (χ2n) is 4.14. The minimum Gasteiger partial charge on any atom is -0.467 e. The Bertz CT molecular complexity index is 320. The number of rotatable bonds is 2. The molecule has 0 bridgehead atoms. The molecule has 5 nitrogen and oxygen atoms in total. The number of aliphatic hydroxyl groups is 1. The summed E-state index contributed by atoms with van der Waals surface area (Å²) in [5, 5.41) is 9.48. The van der Waals surface area contributed by atoms with Crippen LogP contribution in [0.15, 0.2) is 11.6 Å². The first-order valence-electron chi connectivity index (χ1n) is 5.17. The van der Waals surface area contributed by atoms with Gasteiger partial charge in [0, 0.05) is 19.0 Å². The lowest BCUT2D eigenvalue weighted by atomic mass is 10.2. The Balaban J connectivity index is 2.81. The fourth-order valence-corrected chi connectivity index (χ4v) is 1.75. The van der Waals surface area contributed by atoms with Crippen molar-refractivity contribution < 1.29 is 19.4 Å². The number of carbonyl (C=O) groups excluding carboxylic acids is 2. The highest BCUT2D eigenvalue weighted by atomic mass is 16.5. The summed E-state index contributed by atoms with van der Waals surface area (Å²) < 4.78 is 4.60. The molecule has 5 heteroatoms. The average Bonchev–Trinajstić information content (AvgIpc) is 2.58. The maximum Gasteiger partial charge on any atom is 0.328 e. The lowest BCUT2D eigenvalue weighted by Crippen LogP contribution is -2.40. The van der Waals surface area contributed by atoms with E-state index in [0.717, 1.165) is 5.57 Å². The summed E-state index contributed by atoms with van der Waals surface area (Å²) in [6.45, 7) is 3.79. The van der Waals surface area contributed by atoms with Crippen LogP contribution in [-0.2, 0) is 14.3 Å². The van der Waals surface area contributed by atoms with Gasteiger partial charge in [-0.3, -0.25) is 4.79 Å². The van der Waals surface area contributed by atoms with Crippen LogP contribution in [0.3, 0.4) is 0 Å². The zero-order valence-corrected chi connectivity index (χ0v) is 9.77. The number of ether oxygens (including phenoxy) is 1. The van der Waals surface area contributed by atoms with E-state index in [0.29, 0.717) is 0 Å². The largest absolute Gasteiger partial charge is 0.467 e. The average molecular weight is 227 g/mol. The molecular formula is C11H17NO4. The summed E-state index contributed by atoms with van der Waals surface area (Å²) in [5.41, 5.74) is 0.856. The smallest absolute Gasteiger partial charge is 0.328 e. The predicted molar refractivity (Wildman–Crippen MR) is 57.6 cm³/mol. The molecule has 0 radical (unpaired) electrons. The standard InChI is InChI=1S/C11H17NO4/c1-7(2)4-10(14)12-6-8(13)5-9(12)11(15)16-3/h4,8-9,13H,5-6H2,1-3H3. The Hall–Kier alpha value is -1.36. The second kappa shape index (κ2) is 5.12. The van der Waals surface area contributed by atoms with E-state index >= 15 is 0 Å². The Morgan fingerprint density at radius 2 is 2.06 bits per heavy atom. The van der Waals surface area contributed by atoms with Gasteiger partial charge in [-0.15, -0.1) is 0 Å². The quantitative estimate of drug-likeness (QED) is 0.536. The van der Waals surface area contributed by atoms with Gasteiger partial charge in [-0.25, -0.2) is 4.79 Å². The van der Waals surface area contributed by atoms with Gasteiger partial charge in [0.05, 0.1) is 13.2 Å². The molecule has 1 N–H and O–H groups in total. The summed E-state index contributed by atoms with van der Waals surface area (Å²) in [5.74, 6) is -0.737. The van der Waals surface area contributed by atoms with Crippen LogP contribution < -0.4 is 0 Å². The number of likely N-dealkylation sites (tertiary alicyclic amines) is 1. The van der Waals surface area contributed by atoms with Crippen LogP contribution in [0.5, 0.6) is 0 Å². The SMILES string of the molecule is COC(=O)C1CC(O)CN1C(=O)C=C(C)C. The Morgan fingerprint density at radius 1 is 1.44 bits per heavy atom. The van der Waals surface area contributed by atoms with E-state index in [1.165, 1.54) is 18.1 Å². The van der Waals surface area contributed by atoms with Crippen molar-refractivity contribution in [3.8, 4) is 0 Å². The fourth-order valence-electron chi connectivity index (χ4n) is 1.75. The van der Waals surface area contributed by atoms with Crippen molar-refractivity contribution in [2.24, 2.45) is 0 Å². The van der Waals surface area contributed by atoms with Crippen molar-refractivity contribution in [1.29, 1.82) is 0 Å². The van der Waals surface area contributed by atoms with Crippen molar-refractivity contribution in [2.75, 3.05) is 13.7 Å². The van der Waals surface area contributed by atoms with E-state index in [-0.39, 0.29) is 18.9 Å². The highest BCUT2D eigenvalue weighted by molar-refractivity contribution is 5.92. The van der Waals surface area contributed by atoms with E-state index in [4.69, 9.17) is 0 Å². The number of esters is 1. The summed E-state index contributed by atoms with van der Waals surface area (Å²) in [4.78, 5) is 24.5. The highest BCUT2D eigenvalue weighted by Crippen LogP contribution is 2.19. The van der Waals surface area contributed by atoms with Gasteiger partial charge in [0.15, 0.2) is 0 Å². The summed E-state index contributed by atoms with van der Waals surface area (Å²) >= 11 is 0. The van der Waals surface area contributed by atoms with Crippen molar-refractivity contribution >= 4 is 11.9 Å². The van der Waals surface area contributed by atoms with Crippen LogP contribution in [0.2, 0.25) is 0 Å². The first-order chi connectivity index (χ1) is 7.45. The number of carbonyl (C=O) groups is 2. The molecule has 1 amide bonds. The molecule has 1 fully saturated rings. The normalized spacial score (nSPS) is 24.1. The molecule has 16 heavy (non-hydrogen) atoms. The van der Waals surface area contributed by atoms with Crippen molar-refractivity contribution in [3.63, 3.8) is 0 Å². The zero-order valence-electron chi connectivity index (χ0n) is 9.77. The molecule has 2 atom stereocenters. The van der Waals surface area contributed by atoms with Crippen molar-refractivity contribution in [1.82, 2.24) is 4.90 Å². The molecule has 0 aliphatic carbocycles. The molecule has 1 aliphatic rings. The first-order valence-corrected chi connectivity index (χ1v) is 5.17. The third kappa shape index (κ3) is 2.82. The summed E-state index contributed by atoms with van der Waals surface area (Å²) in [6.07, 6.45) is 1.04. The fraction of sp³-hybridized carbons (Fsp3) is 0.636. The number of allylic oxidation sites excluding steroid dienone is 1. The molecule has 0 spiro atoms. The third-order valence-corrected chi connectivity index (χ3v) is 2.45. The zero-order chi connectivity index (χ0) is 12.3. The maximum absolute atomic E-state index is 11.8. The molecule has 1 rings (SSSR count).